The maximum atomic E-state index is 13.3. The smallest absolute Gasteiger partial charge is 0.272 e. The molecule has 4 rings (SSSR count). The minimum Gasteiger partial charge on any atom is -0.276 e. The summed E-state index contributed by atoms with van der Waals surface area (Å²) in [5.41, 5.74) is 1.60. The third-order valence-electron chi connectivity index (χ3n) is 4.48. The Balaban J connectivity index is 1.76. The molecule has 0 atom stereocenters. The van der Waals surface area contributed by atoms with E-state index in [4.69, 9.17) is 11.6 Å². The molecule has 0 N–H and O–H groups in total. The highest BCUT2D eigenvalue weighted by Crippen LogP contribution is 2.29. The van der Waals surface area contributed by atoms with E-state index in [9.17, 15) is 9.18 Å². The second kappa shape index (κ2) is 7.85. The minimum atomic E-state index is -0.360. The van der Waals surface area contributed by atoms with Crippen LogP contribution in [0.2, 0.25) is 5.02 Å². The van der Waals surface area contributed by atoms with Crippen LogP contribution in [0.3, 0.4) is 0 Å². The van der Waals surface area contributed by atoms with Crippen LogP contribution in [-0.2, 0) is 12.3 Å². The van der Waals surface area contributed by atoms with Gasteiger partial charge in [-0.05, 0) is 41.5 Å². The molecule has 5 nitrogen and oxygen atoms in total. The van der Waals surface area contributed by atoms with Crippen molar-refractivity contribution in [2.45, 2.75) is 37.7 Å². The van der Waals surface area contributed by atoms with Crippen molar-refractivity contribution >= 4 is 50.7 Å². The molecule has 0 aliphatic heterocycles. The van der Waals surface area contributed by atoms with Gasteiger partial charge in [-0.25, -0.2) is 4.39 Å². The number of nitrogens with zero attached hydrogens (tertiary/aromatic N) is 4. The summed E-state index contributed by atoms with van der Waals surface area (Å²) in [6, 6.07) is 6.29. The Labute approximate surface area is 174 Å². The Bertz CT molecular complexity index is 1210. The number of hydrogen-bond acceptors (Lipinski definition) is 5. The molecule has 0 bridgehead atoms. The van der Waals surface area contributed by atoms with Crippen LogP contribution in [-0.4, -0.2) is 19.2 Å². The van der Waals surface area contributed by atoms with Gasteiger partial charge in [0.15, 0.2) is 5.16 Å². The van der Waals surface area contributed by atoms with E-state index in [0.29, 0.717) is 38.9 Å². The van der Waals surface area contributed by atoms with Gasteiger partial charge in [0.2, 0.25) is 5.78 Å². The third-order valence-corrected chi connectivity index (χ3v) is 6.71. The van der Waals surface area contributed by atoms with Crippen molar-refractivity contribution in [1.82, 2.24) is 19.2 Å². The summed E-state index contributed by atoms with van der Waals surface area (Å²) in [5, 5.41) is 11.6. The van der Waals surface area contributed by atoms with Crippen LogP contribution in [0.4, 0.5) is 4.39 Å². The van der Waals surface area contributed by atoms with E-state index in [-0.39, 0.29) is 11.4 Å². The third kappa shape index (κ3) is 3.56. The number of thiophene rings is 1. The van der Waals surface area contributed by atoms with Crippen molar-refractivity contribution in [3.05, 3.63) is 56.4 Å². The van der Waals surface area contributed by atoms with Crippen LogP contribution in [0, 0.1) is 11.7 Å². The summed E-state index contributed by atoms with van der Waals surface area (Å²) in [6.07, 6.45) is 0.882. The summed E-state index contributed by atoms with van der Waals surface area (Å²) >= 11 is 9.03. The molecular formula is C19H18ClFN4OS2. The average molecular weight is 437 g/mol. The molecule has 146 valence electrons. The fourth-order valence-corrected chi connectivity index (χ4v) is 5.04. The molecule has 0 fully saturated rings. The zero-order valence-electron chi connectivity index (χ0n) is 15.4. The predicted octanol–water partition coefficient (Wildman–Crippen LogP) is 5.24. The minimum absolute atomic E-state index is 0.0244. The lowest BCUT2D eigenvalue weighted by Gasteiger charge is -2.10. The molecule has 1 aromatic carbocycles. The van der Waals surface area contributed by atoms with Crippen molar-refractivity contribution < 1.29 is 4.39 Å². The zero-order valence-corrected chi connectivity index (χ0v) is 17.7. The first kappa shape index (κ1) is 19.4. The number of aryl methyl sites for hydroxylation is 1. The Morgan fingerprint density at radius 1 is 1.29 bits per heavy atom. The van der Waals surface area contributed by atoms with E-state index < -0.39 is 0 Å². The number of aromatic nitrogens is 4. The molecule has 0 spiro atoms. The maximum absolute atomic E-state index is 13.3. The molecule has 28 heavy (non-hydrogen) atoms. The molecule has 0 radical (unpaired) electrons. The van der Waals surface area contributed by atoms with E-state index >= 15 is 0 Å². The highest BCUT2D eigenvalue weighted by Gasteiger charge is 2.18. The van der Waals surface area contributed by atoms with Gasteiger partial charge in [0.05, 0.1) is 5.52 Å². The average Bonchev–Trinajstić information content (AvgIpc) is 3.27. The Morgan fingerprint density at radius 2 is 2.11 bits per heavy atom. The summed E-state index contributed by atoms with van der Waals surface area (Å²) in [6.45, 7) is 4.85. The Morgan fingerprint density at radius 3 is 2.86 bits per heavy atom. The fraction of sp³-hybridized carbons (Fsp3) is 0.316. The van der Waals surface area contributed by atoms with Gasteiger partial charge < -0.3 is 0 Å². The SMILES string of the molecule is CC(C)CCn1c(=O)c2sccc2n2c(SCc3ccc(F)cc3Cl)nnc12. The number of hydrogen-bond donors (Lipinski definition) is 0. The predicted molar refractivity (Wildman–Crippen MR) is 113 cm³/mol. The molecular weight excluding hydrogens is 419 g/mol. The van der Waals surface area contributed by atoms with Crippen LogP contribution in [0.15, 0.2) is 39.6 Å². The number of rotatable bonds is 6. The van der Waals surface area contributed by atoms with E-state index in [0.717, 1.165) is 17.5 Å². The zero-order chi connectivity index (χ0) is 19.8. The standard InChI is InChI=1S/C19H18ClFN4OS2/c1-11(2)5-7-24-17(26)16-15(6-8-27-16)25-18(24)22-23-19(25)28-10-12-3-4-13(21)9-14(12)20/h3-4,6,8-9,11H,5,7,10H2,1-2H3. The van der Waals surface area contributed by atoms with Gasteiger partial charge >= 0.3 is 0 Å². The molecule has 0 amide bonds. The number of thioether (sulfide) groups is 1. The molecule has 4 aromatic rings. The monoisotopic (exact) mass is 436 g/mol. The first-order valence-electron chi connectivity index (χ1n) is 8.87. The first-order chi connectivity index (χ1) is 13.5. The molecule has 3 heterocycles. The van der Waals surface area contributed by atoms with Crippen molar-refractivity contribution in [3.63, 3.8) is 0 Å². The molecule has 0 saturated heterocycles. The van der Waals surface area contributed by atoms with E-state index in [1.54, 1.807) is 10.6 Å². The fourth-order valence-electron chi connectivity index (χ4n) is 2.96. The van der Waals surface area contributed by atoms with Gasteiger partial charge in [-0.1, -0.05) is 43.3 Å². The molecule has 3 aromatic heterocycles. The van der Waals surface area contributed by atoms with Gasteiger partial charge in [0.25, 0.3) is 5.56 Å². The quantitative estimate of drug-likeness (QED) is 0.388. The van der Waals surface area contributed by atoms with Gasteiger partial charge in [-0.3, -0.25) is 13.8 Å². The summed E-state index contributed by atoms with van der Waals surface area (Å²) in [7, 11) is 0. The Kier molecular flexibility index (Phi) is 5.44. The molecule has 0 aliphatic rings. The summed E-state index contributed by atoms with van der Waals surface area (Å²) in [4.78, 5) is 12.9. The largest absolute Gasteiger partial charge is 0.276 e. The highest BCUT2D eigenvalue weighted by molar-refractivity contribution is 7.98. The van der Waals surface area contributed by atoms with E-state index in [1.807, 2.05) is 15.8 Å². The second-order valence-corrected chi connectivity index (χ2v) is 9.18. The summed E-state index contributed by atoms with van der Waals surface area (Å²) in [5.74, 6) is 1.19. The molecule has 0 aliphatic carbocycles. The normalized spacial score (nSPS) is 11.9. The lowest BCUT2D eigenvalue weighted by Crippen LogP contribution is -2.23. The first-order valence-corrected chi connectivity index (χ1v) is 11.1. The van der Waals surface area contributed by atoms with Crippen molar-refractivity contribution in [2.75, 3.05) is 0 Å². The topological polar surface area (TPSA) is 52.2 Å². The van der Waals surface area contributed by atoms with Crippen LogP contribution in [0.5, 0.6) is 0 Å². The van der Waals surface area contributed by atoms with Gasteiger partial charge in [-0.15, -0.1) is 21.5 Å². The lowest BCUT2D eigenvalue weighted by atomic mass is 10.1. The molecule has 0 unspecified atom stereocenters. The molecule has 0 saturated carbocycles. The van der Waals surface area contributed by atoms with Crippen molar-refractivity contribution in [3.8, 4) is 0 Å². The van der Waals surface area contributed by atoms with Crippen LogP contribution in [0.1, 0.15) is 25.8 Å². The van der Waals surface area contributed by atoms with Crippen LogP contribution in [0.25, 0.3) is 16.0 Å². The summed E-state index contributed by atoms with van der Waals surface area (Å²) < 4.78 is 17.6. The van der Waals surface area contributed by atoms with Gasteiger partial charge in [-0.2, -0.15) is 0 Å². The van der Waals surface area contributed by atoms with Crippen molar-refractivity contribution in [1.29, 1.82) is 0 Å². The lowest BCUT2D eigenvalue weighted by molar-refractivity contribution is 0.512. The van der Waals surface area contributed by atoms with Crippen molar-refractivity contribution in [2.24, 2.45) is 5.92 Å². The maximum Gasteiger partial charge on any atom is 0.272 e. The van der Waals surface area contributed by atoms with E-state index in [2.05, 4.69) is 24.0 Å². The highest BCUT2D eigenvalue weighted by atomic mass is 35.5. The van der Waals surface area contributed by atoms with E-state index in [1.165, 1.54) is 35.2 Å². The number of fused-ring (bicyclic) bond motifs is 3. The van der Waals surface area contributed by atoms with Gasteiger partial charge in [0, 0.05) is 17.3 Å². The molecule has 9 heteroatoms. The van der Waals surface area contributed by atoms with Crippen LogP contribution < -0.4 is 5.56 Å². The number of halogens is 2. The van der Waals surface area contributed by atoms with Gasteiger partial charge in [0.1, 0.15) is 10.5 Å². The Hall–Kier alpha value is -1.90. The second-order valence-electron chi connectivity index (χ2n) is 6.92. The van der Waals surface area contributed by atoms with Crippen LogP contribution >= 0.6 is 34.7 Å². The number of benzene rings is 1.